The number of alkyl halides is 1. The summed E-state index contributed by atoms with van der Waals surface area (Å²) in [4.78, 5) is 10.8. The quantitative estimate of drug-likeness (QED) is 0.311. The first-order valence-corrected chi connectivity index (χ1v) is 10.7. The van der Waals surface area contributed by atoms with Gasteiger partial charge in [-0.3, -0.25) is 0 Å². The van der Waals surface area contributed by atoms with Crippen molar-refractivity contribution in [1.29, 1.82) is 0 Å². The number of carboxylic acids is 1. The van der Waals surface area contributed by atoms with Crippen LogP contribution in [0.3, 0.4) is 0 Å². The highest BCUT2D eigenvalue weighted by Crippen LogP contribution is 2.23. The predicted octanol–water partition coefficient (Wildman–Crippen LogP) is 6.57. The van der Waals surface area contributed by atoms with Gasteiger partial charge in [-0.2, -0.15) is 0 Å². The second kappa shape index (κ2) is 13.5. The van der Waals surface area contributed by atoms with Crippen LogP contribution in [0, 0.1) is 5.82 Å². The van der Waals surface area contributed by atoms with E-state index in [1.807, 2.05) is 13.8 Å². The monoisotopic (exact) mass is 414 g/mol. The smallest absolute Gasteiger partial charge is 0.335 e. The molecule has 4 nitrogen and oxygen atoms in total. The number of carboxylic acid groups (broad SMARTS) is 1. The fraction of sp³-hybridized carbons (Fsp3) is 0.696. The van der Waals surface area contributed by atoms with Crippen molar-refractivity contribution in [1.82, 2.24) is 0 Å². The highest BCUT2D eigenvalue weighted by atomic mass is 19.1. The lowest BCUT2D eigenvalue weighted by molar-refractivity contribution is -0.0435. The van der Waals surface area contributed by atoms with Crippen molar-refractivity contribution in [2.75, 3.05) is 13.2 Å². The Hall–Kier alpha value is -1.69. The van der Waals surface area contributed by atoms with Gasteiger partial charge in [0.05, 0.1) is 11.2 Å². The number of carbonyl (C=O) groups is 1. The second-order valence-electron chi connectivity index (χ2n) is 8.15. The molecule has 0 aromatic heterocycles. The van der Waals surface area contributed by atoms with Crippen LogP contribution < -0.4 is 4.74 Å². The van der Waals surface area contributed by atoms with Gasteiger partial charge in [-0.05, 0) is 38.5 Å². The van der Waals surface area contributed by atoms with Gasteiger partial charge in [-0.1, -0.05) is 51.9 Å². The minimum Gasteiger partial charge on any atom is -0.487 e. The summed E-state index contributed by atoms with van der Waals surface area (Å²) < 4.78 is 39.1. The molecular formula is C23H36F2O4. The van der Waals surface area contributed by atoms with Crippen molar-refractivity contribution in [2.24, 2.45) is 0 Å². The number of aromatic carboxylic acids is 1. The van der Waals surface area contributed by atoms with Crippen molar-refractivity contribution < 1.29 is 28.2 Å². The standard InChI is InChI=1S/C23H36F2O4/c1-4-5-6-7-8-9-10-11-14-29-23(2,3)16-19(24)17-28-21-13-12-18(22(26)27)15-20(21)25/h12-13,15,19H,4-11,14,16-17H2,1-3H3,(H,26,27)/t19-/m0/s1. The second-order valence-corrected chi connectivity index (χ2v) is 8.15. The molecule has 0 aliphatic rings. The molecule has 0 radical (unpaired) electrons. The van der Waals surface area contributed by atoms with Gasteiger partial charge in [0.25, 0.3) is 0 Å². The summed E-state index contributed by atoms with van der Waals surface area (Å²) in [6, 6.07) is 3.29. The maximum absolute atomic E-state index is 14.3. The number of benzene rings is 1. The van der Waals surface area contributed by atoms with Gasteiger partial charge < -0.3 is 14.6 Å². The van der Waals surface area contributed by atoms with Gasteiger partial charge in [0.2, 0.25) is 0 Å². The topological polar surface area (TPSA) is 55.8 Å². The zero-order chi connectivity index (χ0) is 21.7. The van der Waals surface area contributed by atoms with E-state index in [9.17, 15) is 13.6 Å². The first-order chi connectivity index (χ1) is 13.7. The summed E-state index contributed by atoms with van der Waals surface area (Å²) in [5.41, 5.74) is -0.808. The van der Waals surface area contributed by atoms with Crippen molar-refractivity contribution in [3.05, 3.63) is 29.6 Å². The third-order valence-electron chi connectivity index (χ3n) is 4.80. The number of rotatable bonds is 16. The summed E-state index contributed by atoms with van der Waals surface area (Å²) in [5, 5.41) is 8.83. The minimum absolute atomic E-state index is 0.138. The minimum atomic E-state index is -1.32. The predicted molar refractivity (Wildman–Crippen MR) is 111 cm³/mol. The molecule has 0 saturated carbocycles. The summed E-state index contributed by atoms with van der Waals surface area (Å²) in [7, 11) is 0. The van der Waals surface area contributed by atoms with E-state index in [2.05, 4.69) is 6.92 Å². The average molecular weight is 415 g/mol. The molecule has 0 heterocycles. The molecule has 0 aliphatic heterocycles. The molecule has 0 spiro atoms. The van der Waals surface area contributed by atoms with Gasteiger partial charge >= 0.3 is 5.97 Å². The lowest BCUT2D eigenvalue weighted by atomic mass is 10.0. The summed E-state index contributed by atoms with van der Waals surface area (Å²) in [6.45, 7) is 6.18. The molecule has 0 bridgehead atoms. The number of hydrogen-bond acceptors (Lipinski definition) is 3. The van der Waals surface area contributed by atoms with E-state index >= 15 is 0 Å². The molecule has 0 amide bonds. The third kappa shape index (κ3) is 11.2. The Bertz CT molecular complexity index is 605. The maximum Gasteiger partial charge on any atom is 0.335 e. The van der Waals surface area contributed by atoms with E-state index < -0.39 is 23.6 Å². The number of ether oxygens (including phenoxy) is 2. The maximum atomic E-state index is 14.3. The summed E-state index contributed by atoms with van der Waals surface area (Å²) in [6.07, 6.45) is 8.55. The van der Waals surface area contributed by atoms with E-state index in [0.717, 1.165) is 18.9 Å². The molecule has 0 aliphatic carbocycles. The molecule has 166 valence electrons. The Morgan fingerprint density at radius 1 is 1.10 bits per heavy atom. The Balaban J connectivity index is 2.23. The van der Waals surface area contributed by atoms with Crippen molar-refractivity contribution in [3.63, 3.8) is 0 Å². The van der Waals surface area contributed by atoms with Crippen molar-refractivity contribution in [3.8, 4) is 5.75 Å². The molecule has 1 aromatic rings. The van der Waals surface area contributed by atoms with Crippen LogP contribution >= 0.6 is 0 Å². The normalized spacial score (nSPS) is 12.7. The van der Waals surface area contributed by atoms with Gasteiger partial charge in [-0.15, -0.1) is 0 Å². The zero-order valence-corrected chi connectivity index (χ0v) is 18.0. The molecule has 1 rings (SSSR count). The molecular weight excluding hydrogens is 378 g/mol. The van der Waals surface area contributed by atoms with Gasteiger partial charge in [0.15, 0.2) is 11.6 Å². The lowest BCUT2D eigenvalue weighted by Gasteiger charge is -2.27. The molecule has 1 aromatic carbocycles. The average Bonchev–Trinajstić information content (AvgIpc) is 2.65. The highest BCUT2D eigenvalue weighted by molar-refractivity contribution is 5.87. The van der Waals surface area contributed by atoms with Crippen LogP contribution in [0.4, 0.5) is 8.78 Å². The number of hydrogen-bond donors (Lipinski definition) is 1. The van der Waals surface area contributed by atoms with Crippen LogP contribution in [-0.2, 0) is 4.74 Å². The molecule has 1 atom stereocenters. The molecule has 1 N–H and O–H groups in total. The van der Waals surface area contributed by atoms with E-state index in [1.54, 1.807) is 0 Å². The van der Waals surface area contributed by atoms with Crippen molar-refractivity contribution in [2.45, 2.75) is 90.3 Å². The van der Waals surface area contributed by atoms with Crippen molar-refractivity contribution >= 4 is 5.97 Å². The Kier molecular flexibility index (Phi) is 11.8. The van der Waals surface area contributed by atoms with Crippen LogP contribution in [0.1, 0.15) is 88.9 Å². The third-order valence-corrected chi connectivity index (χ3v) is 4.80. The fourth-order valence-electron chi connectivity index (χ4n) is 3.17. The van der Waals surface area contributed by atoms with E-state index in [1.165, 1.54) is 50.7 Å². The fourth-order valence-corrected chi connectivity index (χ4v) is 3.17. The van der Waals surface area contributed by atoms with Gasteiger partial charge in [-0.25, -0.2) is 13.6 Å². The molecule has 0 unspecified atom stereocenters. The highest BCUT2D eigenvalue weighted by Gasteiger charge is 2.24. The molecule has 0 saturated heterocycles. The van der Waals surface area contributed by atoms with E-state index in [4.69, 9.17) is 14.6 Å². The summed E-state index contributed by atoms with van der Waals surface area (Å²) >= 11 is 0. The Morgan fingerprint density at radius 3 is 2.31 bits per heavy atom. The van der Waals surface area contributed by atoms with Gasteiger partial charge in [0, 0.05) is 13.0 Å². The molecule has 0 fully saturated rings. The summed E-state index contributed by atoms with van der Waals surface area (Å²) in [5.74, 6) is -2.20. The molecule has 6 heteroatoms. The van der Waals surface area contributed by atoms with Crippen LogP contribution in [0.25, 0.3) is 0 Å². The van der Waals surface area contributed by atoms with E-state index in [-0.39, 0.29) is 24.3 Å². The number of unbranched alkanes of at least 4 members (excludes halogenated alkanes) is 7. The first kappa shape index (κ1) is 25.3. The van der Waals surface area contributed by atoms with E-state index in [0.29, 0.717) is 6.61 Å². The first-order valence-electron chi connectivity index (χ1n) is 10.7. The van der Waals surface area contributed by atoms with Crippen LogP contribution in [0.15, 0.2) is 18.2 Å². The van der Waals surface area contributed by atoms with Crippen LogP contribution in [0.5, 0.6) is 5.75 Å². The number of halogens is 2. The SMILES string of the molecule is CCCCCCCCCCOC(C)(C)C[C@H](F)COc1ccc(C(=O)O)cc1F. The van der Waals surface area contributed by atoms with Crippen LogP contribution in [0.2, 0.25) is 0 Å². The Morgan fingerprint density at radius 2 is 1.72 bits per heavy atom. The van der Waals surface area contributed by atoms with Crippen LogP contribution in [-0.4, -0.2) is 36.1 Å². The largest absolute Gasteiger partial charge is 0.487 e. The Labute approximate surface area is 173 Å². The van der Waals surface area contributed by atoms with Gasteiger partial charge in [0.1, 0.15) is 12.8 Å². The molecule has 29 heavy (non-hydrogen) atoms. The lowest BCUT2D eigenvalue weighted by Crippen LogP contribution is -2.31. The zero-order valence-electron chi connectivity index (χ0n) is 18.0.